The van der Waals surface area contributed by atoms with Crippen molar-refractivity contribution in [1.29, 1.82) is 0 Å². The lowest BCUT2D eigenvalue weighted by molar-refractivity contribution is -0.113. The van der Waals surface area contributed by atoms with E-state index in [0.29, 0.717) is 22.8 Å². The fourth-order valence-electron chi connectivity index (χ4n) is 2.56. The Balaban J connectivity index is 1.81. The molecule has 0 atom stereocenters. The molecule has 0 aliphatic rings. The zero-order chi connectivity index (χ0) is 20.4. The van der Waals surface area contributed by atoms with Gasteiger partial charge in [0.05, 0.1) is 5.75 Å². The highest BCUT2D eigenvalue weighted by Gasteiger charge is 2.18. The summed E-state index contributed by atoms with van der Waals surface area (Å²) in [5, 5.41) is 11.9. The number of carbonyl (C=O) groups excluding carboxylic acids is 1. The number of rotatable bonds is 6. The first-order valence-corrected chi connectivity index (χ1v) is 9.73. The van der Waals surface area contributed by atoms with E-state index < -0.39 is 0 Å². The summed E-state index contributed by atoms with van der Waals surface area (Å²) in [4.78, 5) is 25.1. The lowest BCUT2D eigenvalue weighted by atomic mass is 10.1. The van der Waals surface area contributed by atoms with Crippen LogP contribution in [0.3, 0.4) is 0 Å². The predicted molar refractivity (Wildman–Crippen MR) is 113 cm³/mol. The maximum atomic E-state index is 12.4. The molecule has 0 saturated heterocycles. The highest BCUT2D eigenvalue weighted by molar-refractivity contribution is 7.99. The number of thioether (sulfide) groups is 1. The molecule has 0 radical (unpaired) electrons. The highest BCUT2D eigenvalue weighted by atomic mass is 32.2. The molecule has 0 fully saturated rings. The Morgan fingerprint density at radius 2 is 1.86 bits per heavy atom. The van der Waals surface area contributed by atoms with Gasteiger partial charge in [-0.05, 0) is 31.0 Å². The second-order valence-corrected chi connectivity index (χ2v) is 7.76. The summed E-state index contributed by atoms with van der Waals surface area (Å²) in [5.41, 5.74) is 3.02. The predicted octanol–water partition coefficient (Wildman–Crippen LogP) is 2.00. The standard InChI is InChI=1S/C18H24N8OS/c1-11-8-7-9-13(12(11)2)19-14(27)10-28-18-23-22-16-20-15(24(3)4)21-17(25(5)6)26(16)18/h7-9H,10H2,1-6H3,(H,19,27). The van der Waals surface area contributed by atoms with Gasteiger partial charge in [0.25, 0.3) is 5.78 Å². The Kier molecular flexibility index (Phi) is 5.68. The summed E-state index contributed by atoms with van der Waals surface area (Å²) >= 11 is 1.30. The molecule has 3 rings (SSSR count). The van der Waals surface area contributed by atoms with Gasteiger partial charge < -0.3 is 15.1 Å². The number of hydrogen-bond donors (Lipinski definition) is 1. The number of benzene rings is 1. The molecule has 0 spiro atoms. The molecule has 9 nitrogen and oxygen atoms in total. The minimum Gasteiger partial charge on any atom is -0.348 e. The zero-order valence-electron chi connectivity index (χ0n) is 16.9. The van der Waals surface area contributed by atoms with Gasteiger partial charge >= 0.3 is 0 Å². The van der Waals surface area contributed by atoms with Gasteiger partial charge in [0.2, 0.25) is 17.8 Å². The third-order valence-electron chi connectivity index (χ3n) is 4.23. The number of aromatic nitrogens is 5. The van der Waals surface area contributed by atoms with Gasteiger partial charge in [0.15, 0.2) is 5.16 Å². The van der Waals surface area contributed by atoms with Crippen molar-refractivity contribution in [3.05, 3.63) is 29.3 Å². The van der Waals surface area contributed by atoms with Gasteiger partial charge in [0.1, 0.15) is 0 Å². The average Bonchev–Trinajstić information content (AvgIpc) is 3.06. The number of amides is 1. The molecule has 3 aromatic rings. The van der Waals surface area contributed by atoms with E-state index in [1.54, 1.807) is 4.40 Å². The molecule has 1 N–H and O–H groups in total. The third kappa shape index (κ3) is 4.01. The van der Waals surface area contributed by atoms with Crippen molar-refractivity contribution in [2.45, 2.75) is 19.0 Å². The number of hydrogen-bond acceptors (Lipinski definition) is 8. The van der Waals surface area contributed by atoms with E-state index in [-0.39, 0.29) is 11.7 Å². The zero-order valence-corrected chi connectivity index (χ0v) is 17.7. The van der Waals surface area contributed by atoms with E-state index in [0.717, 1.165) is 16.8 Å². The van der Waals surface area contributed by atoms with Gasteiger partial charge in [-0.1, -0.05) is 23.9 Å². The number of nitrogens with zero attached hydrogens (tertiary/aromatic N) is 7. The lowest BCUT2D eigenvalue weighted by Gasteiger charge is -2.17. The largest absolute Gasteiger partial charge is 0.348 e. The summed E-state index contributed by atoms with van der Waals surface area (Å²) in [6, 6.07) is 5.85. The molecule has 28 heavy (non-hydrogen) atoms. The summed E-state index contributed by atoms with van der Waals surface area (Å²) in [5.74, 6) is 1.74. The van der Waals surface area contributed by atoms with Gasteiger partial charge in [-0.3, -0.25) is 4.79 Å². The van der Waals surface area contributed by atoms with Crippen LogP contribution in [-0.4, -0.2) is 64.4 Å². The summed E-state index contributed by atoms with van der Waals surface area (Å²) < 4.78 is 1.75. The van der Waals surface area contributed by atoms with E-state index in [1.165, 1.54) is 11.8 Å². The van der Waals surface area contributed by atoms with Gasteiger partial charge in [-0.25, -0.2) is 4.40 Å². The highest BCUT2D eigenvalue weighted by Crippen LogP contribution is 2.23. The van der Waals surface area contributed by atoms with E-state index in [9.17, 15) is 4.79 Å². The van der Waals surface area contributed by atoms with Crippen molar-refractivity contribution in [2.75, 3.05) is 49.1 Å². The number of anilines is 3. The smallest absolute Gasteiger partial charge is 0.261 e. The van der Waals surface area contributed by atoms with E-state index in [2.05, 4.69) is 25.5 Å². The minimum absolute atomic E-state index is 0.104. The first-order valence-electron chi connectivity index (χ1n) is 8.74. The first-order chi connectivity index (χ1) is 13.3. The van der Waals surface area contributed by atoms with Crippen LogP contribution in [0.2, 0.25) is 0 Å². The Morgan fingerprint density at radius 3 is 2.54 bits per heavy atom. The van der Waals surface area contributed by atoms with E-state index in [1.807, 2.05) is 70.0 Å². The van der Waals surface area contributed by atoms with Crippen molar-refractivity contribution < 1.29 is 4.79 Å². The van der Waals surface area contributed by atoms with Gasteiger partial charge in [-0.15, -0.1) is 10.2 Å². The minimum atomic E-state index is -0.104. The topological polar surface area (TPSA) is 91.5 Å². The van der Waals surface area contributed by atoms with Crippen molar-refractivity contribution >= 4 is 41.0 Å². The van der Waals surface area contributed by atoms with Crippen molar-refractivity contribution in [1.82, 2.24) is 24.6 Å². The van der Waals surface area contributed by atoms with Crippen LogP contribution in [0.1, 0.15) is 11.1 Å². The molecular formula is C18H24N8OS. The fourth-order valence-corrected chi connectivity index (χ4v) is 3.28. The SMILES string of the molecule is Cc1cccc(NC(=O)CSc2nnc3nc(N(C)C)nc(N(C)C)n23)c1C. The Morgan fingerprint density at radius 1 is 1.11 bits per heavy atom. The molecule has 0 aliphatic heterocycles. The second kappa shape index (κ2) is 8.01. The number of aryl methyl sites for hydroxylation is 1. The fraction of sp³-hybridized carbons (Fsp3) is 0.389. The molecule has 1 aromatic carbocycles. The van der Waals surface area contributed by atoms with Crippen LogP contribution >= 0.6 is 11.8 Å². The molecule has 0 bridgehead atoms. The molecule has 0 aliphatic carbocycles. The van der Waals surface area contributed by atoms with Crippen LogP contribution in [0.4, 0.5) is 17.6 Å². The molecule has 0 saturated carbocycles. The maximum Gasteiger partial charge on any atom is 0.261 e. The van der Waals surface area contributed by atoms with Crippen LogP contribution in [-0.2, 0) is 4.79 Å². The van der Waals surface area contributed by atoms with Crippen LogP contribution in [0.15, 0.2) is 23.4 Å². The molecule has 2 heterocycles. The molecule has 0 unspecified atom stereocenters. The van der Waals surface area contributed by atoms with Crippen LogP contribution in [0, 0.1) is 13.8 Å². The second-order valence-electron chi connectivity index (χ2n) is 6.81. The maximum absolute atomic E-state index is 12.4. The quantitative estimate of drug-likeness (QED) is 0.628. The Hall–Kier alpha value is -2.88. The van der Waals surface area contributed by atoms with Gasteiger partial charge in [-0.2, -0.15) is 9.97 Å². The Bertz CT molecular complexity index is 1010. The third-order valence-corrected chi connectivity index (χ3v) is 5.16. The number of nitrogens with one attached hydrogen (secondary N) is 1. The van der Waals surface area contributed by atoms with Crippen molar-refractivity contribution in [3.63, 3.8) is 0 Å². The monoisotopic (exact) mass is 400 g/mol. The molecule has 148 valence electrons. The molecule has 1 amide bonds. The summed E-state index contributed by atoms with van der Waals surface area (Å²) in [6.45, 7) is 4.01. The first kappa shape index (κ1) is 19.9. The molecular weight excluding hydrogens is 376 g/mol. The Labute approximate surface area is 168 Å². The van der Waals surface area contributed by atoms with Crippen molar-refractivity contribution in [3.8, 4) is 0 Å². The summed E-state index contributed by atoms with van der Waals surface area (Å²) in [6.07, 6.45) is 0. The van der Waals surface area contributed by atoms with Crippen LogP contribution in [0.5, 0.6) is 0 Å². The van der Waals surface area contributed by atoms with E-state index in [4.69, 9.17) is 0 Å². The molecule has 2 aromatic heterocycles. The van der Waals surface area contributed by atoms with Crippen LogP contribution in [0.25, 0.3) is 5.78 Å². The lowest BCUT2D eigenvalue weighted by Crippen LogP contribution is -2.21. The number of carbonyl (C=O) groups is 1. The normalized spacial score (nSPS) is 10.9. The molecule has 10 heteroatoms. The number of fused-ring (bicyclic) bond motifs is 1. The van der Waals surface area contributed by atoms with Crippen LogP contribution < -0.4 is 15.1 Å². The summed E-state index contributed by atoms with van der Waals surface area (Å²) in [7, 11) is 7.52. The van der Waals surface area contributed by atoms with Gasteiger partial charge in [0, 0.05) is 33.9 Å². The van der Waals surface area contributed by atoms with Crippen molar-refractivity contribution in [2.24, 2.45) is 0 Å². The van der Waals surface area contributed by atoms with E-state index >= 15 is 0 Å². The average molecular weight is 401 g/mol.